The van der Waals surface area contributed by atoms with Gasteiger partial charge in [0.15, 0.2) is 11.5 Å². The van der Waals surface area contributed by atoms with E-state index in [0.717, 1.165) is 33.6 Å². The monoisotopic (exact) mass is 405 g/mol. The maximum Gasteiger partial charge on any atom is 0.162 e. The molecule has 0 unspecified atom stereocenters. The molecule has 1 N–H and O–H groups in total. The number of ether oxygens (including phenoxy) is 2. The molecule has 0 saturated heterocycles. The van der Waals surface area contributed by atoms with Crippen molar-refractivity contribution < 1.29 is 9.47 Å². The van der Waals surface area contributed by atoms with Crippen molar-refractivity contribution in [2.45, 2.75) is 53.3 Å². The van der Waals surface area contributed by atoms with Gasteiger partial charge in [-0.25, -0.2) is 0 Å². The van der Waals surface area contributed by atoms with Gasteiger partial charge in [0, 0.05) is 16.6 Å². The van der Waals surface area contributed by atoms with E-state index in [-0.39, 0.29) is 5.54 Å². The molecule has 2 aromatic carbocycles. The van der Waals surface area contributed by atoms with Gasteiger partial charge in [-0.1, -0.05) is 45.8 Å². The Morgan fingerprint density at radius 3 is 2.40 bits per heavy atom. The summed E-state index contributed by atoms with van der Waals surface area (Å²) < 4.78 is 12.9. The second-order valence-corrected chi connectivity index (χ2v) is 8.06. The van der Waals surface area contributed by atoms with E-state index in [1.165, 1.54) is 5.56 Å². The number of benzene rings is 2. The molecule has 0 amide bonds. The molecule has 0 aliphatic rings. The summed E-state index contributed by atoms with van der Waals surface area (Å²) in [6, 6.07) is 12.4. The van der Waals surface area contributed by atoms with Crippen LogP contribution in [0.1, 0.15) is 44.4 Å². The first-order chi connectivity index (χ1) is 11.8. The second kappa shape index (κ2) is 8.72. The lowest BCUT2D eigenvalue weighted by atomic mass is 10.1. The zero-order valence-electron chi connectivity index (χ0n) is 15.8. The first-order valence-electron chi connectivity index (χ1n) is 8.67. The van der Waals surface area contributed by atoms with Crippen LogP contribution < -0.4 is 14.8 Å². The Morgan fingerprint density at radius 2 is 1.76 bits per heavy atom. The first kappa shape index (κ1) is 19.8. The third kappa shape index (κ3) is 6.37. The van der Waals surface area contributed by atoms with Crippen molar-refractivity contribution in [2.75, 3.05) is 6.61 Å². The van der Waals surface area contributed by atoms with Gasteiger partial charge in [-0.15, -0.1) is 0 Å². The standard InChI is InChI=1S/C21H28BrNO2/c1-6-24-19-11-17(13-23-21(3,4)5)18(22)12-20(19)25-14-16-9-7-8-15(2)10-16/h7-12,23H,6,13-14H2,1-5H3. The zero-order valence-corrected chi connectivity index (χ0v) is 17.4. The fraction of sp³-hybridized carbons (Fsp3) is 0.429. The zero-order chi connectivity index (χ0) is 18.4. The second-order valence-electron chi connectivity index (χ2n) is 7.20. The molecule has 136 valence electrons. The predicted octanol–water partition coefficient (Wildman–Crippen LogP) is 5.62. The average molecular weight is 406 g/mol. The first-order valence-corrected chi connectivity index (χ1v) is 9.46. The molecule has 0 bridgehead atoms. The Hall–Kier alpha value is -1.52. The highest BCUT2D eigenvalue weighted by Crippen LogP contribution is 2.34. The summed E-state index contributed by atoms with van der Waals surface area (Å²) in [5.74, 6) is 1.54. The summed E-state index contributed by atoms with van der Waals surface area (Å²) in [6.45, 7) is 12.4. The third-order valence-corrected chi connectivity index (χ3v) is 4.44. The summed E-state index contributed by atoms with van der Waals surface area (Å²) >= 11 is 3.66. The van der Waals surface area contributed by atoms with Crippen LogP contribution in [0.15, 0.2) is 40.9 Å². The van der Waals surface area contributed by atoms with Crippen LogP contribution in [0.3, 0.4) is 0 Å². The van der Waals surface area contributed by atoms with Crippen LogP contribution in [0.25, 0.3) is 0 Å². The lowest BCUT2D eigenvalue weighted by Crippen LogP contribution is -2.35. The minimum absolute atomic E-state index is 0.0611. The van der Waals surface area contributed by atoms with Gasteiger partial charge in [0.25, 0.3) is 0 Å². The smallest absolute Gasteiger partial charge is 0.162 e. The van der Waals surface area contributed by atoms with E-state index in [9.17, 15) is 0 Å². The molecular weight excluding hydrogens is 378 g/mol. The molecule has 0 heterocycles. The number of nitrogens with one attached hydrogen (secondary N) is 1. The summed E-state index contributed by atoms with van der Waals surface area (Å²) in [7, 11) is 0. The highest BCUT2D eigenvalue weighted by molar-refractivity contribution is 9.10. The lowest BCUT2D eigenvalue weighted by Gasteiger charge is -2.22. The van der Waals surface area contributed by atoms with Crippen molar-refractivity contribution in [3.63, 3.8) is 0 Å². The Morgan fingerprint density at radius 1 is 1.04 bits per heavy atom. The van der Waals surface area contributed by atoms with Crippen LogP contribution >= 0.6 is 15.9 Å². The van der Waals surface area contributed by atoms with Gasteiger partial charge in [0.2, 0.25) is 0 Å². The van der Waals surface area contributed by atoms with Gasteiger partial charge in [-0.05, 0) is 57.9 Å². The number of rotatable bonds is 7. The molecule has 0 atom stereocenters. The van der Waals surface area contributed by atoms with Crippen molar-refractivity contribution in [3.05, 3.63) is 57.6 Å². The van der Waals surface area contributed by atoms with E-state index < -0.39 is 0 Å². The molecule has 3 nitrogen and oxygen atoms in total. The lowest BCUT2D eigenvalue weighted by molar-refractivity contribution is 0.268. The maximum atomic E-state index is 6.04. The maximum absolute atomic E-state index is 6.04. The molecule has 0 radical (unpaired) electrons. The van der Waals surface area contributed by atoms with Crippen LogP contribution in [-0.2, 0) is 13.2 Å². The van der Waals surface area contributed by atoms with Crippen LogP contribution in [0, 0.1) is 6.92 Å². The Kier molecular flexibility index (Phi) is 6.91. The van der Waals surface area contributed by atoms with Crippen LogP contribution in [0.4, 0.5) is 0 Å². The van der Waals surface area contributed by atoms with Crippen molar-refractivity contribution in [1.29, 1.82) is 0 Å². The molecule has 0 aliphatic heterocycles. The van der Waals surface area contributed by atoms with Crippen LogP contribution in [-0.4, -0.2) is 12.1 Å². The summed E-state index contributed by atoms with van der Waals surface area (Å²) in [6.07, 6.45) is 0. The van der Waals surface area contributed by atoms with Crippen molar-refractivity contribution in [3.8, 4) is 11.5 Å². The van der Waals surface area contributed by atoms with Gasteiger partial charge in [-0.2, -0.15) is 0 Å². The predicted molar refractivity (Wildman–Crippen MR) is 107 cm³/mol. The SMILES string of the molecule is CCOc1cc(CNC(C)(C)C)c(Br)cc1OCc1cccc(C)c1. The molecular formula is C21H28BrNO2. The summed E-state index contributed by atoms with van der Waals surface area (Å²) in [4.78, 5) is 0. The number of aryl methyl sites for hydroxylation is 1. The highest BCUT2D eigenvalue weighted by Gasteiger charge is 2.14. The number of hydrogen-bond acceptors (Lipinski definition) is 3. The molecule has 25 heavy (non-hydrogen) atoms. The number of halogens is 1. The van der Waals surface area contributed by atoms with E-state index >= 15 is 0 Å². The fourth-order valence-corrected chi connectivity index (χ4v) is 2.88. The van der Waals surface area contributed by atoms with Gasteiger partial charge in [-0.3, -0.25) is 0 Å². The van der Waals surface area contributed by atoms with Crippen molar-refractivity contribution in [2.24, 2.45) is 0 Å². The van der Waals surface area contributed by atoms with Crippen molar-refractivity contribution >= 4 is 15.9 Å². The number of hydrogen-bond donors (Lipinski definition) is 1. The van der Waals surface area contributed by atoms with Crippen molar-refractivity contribution in [1.82, 2.24) is 5.32 Å². The molecule has 0 aliphatic carbocycles. The van der Waals surface area contributed by atoms with E-state index in [4.69, 9.17) is 9.47 Å². The minimum atomic E-state index is 0.0611. The van der Waals surface area contributed by atoms with E-state index in [1.807, 2.05) is 13.0 Å². The largest absolute Gasteiger partial charge is 0.490 e. The fourth-order valence-electron chi connectivity index (χ4n) is 2.42. The molecule has 0 fully saturated rings. The molecule has 2 rings (SSSR count). The third-order valence-electron chi connectivity index (χ3n) is 3.70. The van der Waals surface area contributed by atoms with Gasteiger partial charge in [0.05, 0.1) is 6.61 Å². The van der Waals surface area contributed by atoms with Gasteiger partial charge in [0.1, 0.15) is 6.61 Å². The average Bonchev–Trinajstić information content (AvgIpc) is 2.53. The summed E-state index contributed by atoms with van der Waals surface area (Å²) in [5, 5.41) is 3.51. The van der Waals surface area contributed by atoms with E-state index in [1.54, 1.807) is 0 Å². The van der Waals surface area contributed by atoms with Gasteiger partial charge < -0.3 is 14.8 Å². The summed E-state index contributed by atoms with van der Waals surface area (Å²) in [5.41, 5.74) is 3.60. The van der Waals surface area contributed by atoms with Crippen LogP contribution in [0.2, 0.25) is 0 Å². The minimum Gasteiger partial charge on any atom is -0.490 e. The molecule has 0 saturated carbocycles. The Labute approximate surface area is 159 Å². The highest BCUT2D eigenvalue weighted by atomic mass is 79.9. The quantitative estimate of drug-likeness (QED) is 0.647. The van der Waals surface area contributed by atoms with Crippen LogP contribution in [0.5, 0.6) is 11.5 Å². The molecule has 2 aromatic rings. The van der Waals surface area contributed by atoms with E-state index in [0.29, 0.717) is 13.2 Å². The van der Waals surface area contributed by atoms with E-state index in [2.05, 4.69) is 79.3 Å². The molecule has 4 heteroatoms. The molecule has 0 aromatic heterocycles. The topological polar surface area (TPSA) is 30.5 Å². The van der Waals surface area contributed by atoms with Gasteiger partial charge >= 0.3 is 0 Å². The Balaban J connectivity index is 2.17. The molecule has 0 spiro atoms. The normalized spacial score (nSPS) is 11.4. The Bertz CT molecular complexity index is 708.